The summed E-state index contributed by atoms with van der Waals surface area (Å²) in [6.07, 6.45) is 0. The fourth-order valence-corrected chi connectivity index (χ4v) is 1.57. The molecular formula is C14H19N3O2. The van der Waals surface area contributed by atoms with Crippen LogP contribution in [0.4, 0.5) is 5.69 Å². The number of hydrogen-bond acceptors (Lipinski definition) is 4. The minimum atomic E-state index is -0.130. The molecule has 0 aliphatic carbocycles. The van der Waals surface area contributed by atoms with E-state index < -0.39 is 0 Å². The topological polar surface area (TPSA) is 65.4 Å². The van der Waals surface area contributed by atoms with E-state index >= 15 is 0 Å². The third kappa shape index (κ3) is 4.98. The summed E-state index contributed by atoms with van der Waals surface area (Å²) in [5.41, 5.74) is 0.714. The number of carbonyl (C=O) groups excluding carboxylic acids is 1. The number of anilines is 1. The monoisotopic (exact) mass is 261 g/mol. The molecule has 1 aromatic carbocycles. The number of methoxy groups -OCH3 is 1. The van der Waals surface area contributed by atoms with Crippen molar-refractivity contribution in [2.45, 2.75) is 19.9 Å². The van der Waals surface area contributed by atoms with Crippen LogP contribution in [0.1, 0.15) is 13.8 Å². The predicted octanol–water partition coefficient (Wildman–Crippen LogP) is 1.87. The molecule has 0 aromatic heterocycles. The number of nitrogens with zero attached hydrogens (tertiary/aromatic N) is 2. The molecular weight excluding hydrogens is 242 g/mol. The number of hydrogen-bond donors (Lipinski definition) is 1. The number of benzene rings is 1. The lowest BCUT2D eigenvalue weighted by Gasteiger charge is -2.22. The maximum absolute atomic E-state index is 11.9. The van der Waals surface area contributed by atoms with Crippen molar-refractivity contribution in [3.63, 3.8) is 0 Å². The van der Waals surface area contributed by atoms with Crippen molar-refractivity contribution in [1.29, 1.82) is 5.26 Å². The molecule has 0 fully saturated rings. The summed E-state index contributed by atoms with van der Waals surface area (Å²) in [4.78, 5) is 13.7. The second-order valence-electron chi connectivity index (χ2n) is 4.43. The van der Waals surface area contributed by atoms with Gasteiger partial charge in [0.15, 0.2) is 0 Å². The lowest BCUT2D eigenvalue weighted by Crippen LogP contribution is -2.38. The number of carbonyl (C=O) groups is 1. The highest BCUT2D eigenvalue weighted by molar-refractivity contribution is 5.92. The Morgan fingerprint density at radius 2 is 2.05 bits per heavy atom. The SMILES string of the molecule is COc1ccc(NC(=O)CN(CC#N)C(C)C)cc1. The minimum absolute atomic E-state index is 0.130. The molecule has 0 aliphatic heterocycles. The van der Waals surface area contributed by atoms with Gasteiger partial charge in [0.2, 0.25) is 5.91 Å². The Labute approximate surface area is 113 Å². The van der Waals surface area contributed by atoms with Gasteiger partial charge in [0.05, 0.1) is 26.3 Å². The molecule has 0 saturated heterocycles. The number of nitrogens with one attached hydrogen (secondary N) is 1. The largest absolute Gasteiger partial charge is 0.497 e. The zero-order valence-corrected chi connectivity index (χ0v) is 11.5. The summed E-state index contributed by atoms with van der Waals surface area (Å²) in [5, 5.41) is 11.5. The molecule has 5 heteroatoms. The van der Waals surface area contributed by atoms with Crippen LogP contribution in [0.2, 0.25) is 0 Å². The van der Waals surface area contributed by atoms with Gasteiger partial charge in [0.1, 0.15) is 5.75 Å². The predicted molar refractivity (Wildman–Crippen MR) is 73.9 cm³/mol. The summed E-state index contributed by atoms with van der Waals surface area (Å²) in [6.45, 7) is 4.36. The van der Waals surface area contributed by atoms with Gasteiger partial charge in [-0.25, -0.2) is 0 Å². The fraction of sp³-hybridized carbons (Fsp3) is 0.429. The molecule has 0 saturated carbocycles. The van der Waals surface area contributed by atoms with Crippen LogP contribution in [0, 0.1) is 11.3 Å². The maximum atomic E-state index is 11.9. The Bertz CT molecular complexity index is 449. The molecule has 0 heterocycles. The molecule has 0 spiro atoms. The van der Waals surface area contributed by atoms with Gasteiger partial charge in [-0.3, -0.25) is 9.69 Å². The van der Waals surface area contributed by atoms with Crippen LogP contribution in [0.25, 0.3) is 0 Å². The molecule has 0 radical (unpaired) electrons. The molecule has 0 bridgehead atoms. The van der Waals surface area contributed by atoms with Crippen molar-refractivity contribution in [3.8, 4) is 11.8 Å². The van der Waals surface area contributed by atoms with Crippen LogP contribution in [-0.2, 0) is 4.79 Å². The molecule has 5 nitrogen and oxygen atoms in total. The Hall–Kier alpha value is -2.06. The van der Waals surface area contributed by atoms with E-state index in [1.165, 1.54) is 0 Å². The van der Waals surface area contributed by atoms with Crippen LogP contribution in [-0.4, -0.2) is 37.0 Å². The first-order chi connectivity index (χ1) is 9.06. The van der Waals surface area contributed by atoms with E-state index in [4.69, 9.17) is 10.00 Å². The second-order valence-corrected chi connectivity index (χ2v) is 4.43. The molecule has 1 amide bonds. The summed E-state index contributed by atoms with van der Waals surface area (Å²) in [5.74, 6) is 0.611. The third-order valence-corrected chi connectivity index (χ3v) is 2.72. The zero-order valence-electron chi connectivity index (χ0n) is 11.5. The first-order valence-corrected chi connectivity index (χ1v) is 6.11. The van der Waals surface area contributed by atoms with Gasteiger partial charge in [-0.05, 0) is 38.1 Å². The average Bonchev–Trinajstić information content (AvgIpc) is 2.39. The van der Waals surface area contributed by atoms with Crippen LogP contribution in [0.3, 0.4) is 0 Å². The average molecular weight is 261 g/mol. The molecule has 0 aliphatic rings. The minimum Gasteiger partial charge on any atom is -0.497 e. The van der Waals surface area contributed by atoms with Gasteiger partial charge in [-0.15, -0.1) is 0 Å². The Balaban J connectivity index is 2.56. The Morgan fingerprint density at radius 3 is 2.53 bits per heavy atom. The van der Waals surface area contributed by atoms with Gasteiger partial charge in [-0.1, -0.05) is 0 Å². The number of amides is 1. The van der Waals surface area contributed by atoms with Crippen molar-refractivity contribution in [3.05, 3.63) is 24.3 Å². The fourth-order valence-electron chi connectivity index (χ4n) is 1.57. The number of nitriles is 1. The summed E-state index contributed by atoms with van der Waals surface area (Å²) in [6, 6.07) is 9.34. The van der Waals surface area contributed by atoms with Gasteiger partial charge >= 0.3 is 0 Å². The number of ether oxygens (including phenoxy) is 1. The van der Waals surface area contributed by atoms with E-state index in [1.54, 1.807) is 36.3 Å². The van der Waals surface area contributed by atoms with Crippen LogP contribution >= 0.6 is 0 Å². The summed E-state index contributed by atoms with van der Waals surface area (Å²) in [7, 11) is 1.59. The highest BCUT2D eigenvalue weighted by atomic mass is 16.5. The molecule has 19 heavy (non-hydrogen) atoms. The van der Waals surface area contributed by atoms with E-state index in [1.807, 2.05) is 13.8 Å². The van der Waals surface area contributed by atoms with Gasteiger partial charge in [0.25, 0.3) is 0 Å². The highest BCUT2D eigenvalue weighted by Gasteiger charge is 2.13. The van der Waals surface area contributed by atoms with E-state index in [9.17, 15) is 4.79 Å². The van der Waals surface area contributed by atoms with E-state index in [2.05, 4.69) is 11.4 Å². The van der Waals surface area contributed by atoms with Crippen molar-refractivity contribution in [2.24, 2.45) is 0 Å². The van der Waals surface area contributed by atoms with E-state index in [0.717, 1.165) is 5.75 Å². The molecule has 102 valence electrons. The second kappa shape index (κ2) is 7.39. The molecule has 1 N–H and O–H groups in total. The standard InChI is InChI=1S/C14H19N3O2/c1-11(2)17(9-8-15)10-14(18)16-12-4-6-13(19-3)7-5-12/h4-7,11H,9-10H2,1-3H3,(H,16,18). The smallest absolute Gasteiger partial charge is 0.238 e. The van der Waals surface area contributed by atoms with Gasteiger partial charge in [0, 0.05) is 11.7 Å². The molecule has 0 unspecified atom stereocenters. The Morgan fingerprint density at radius 1 is 1.42 bits per heavy atom. The Kier molecular flexibility index (Phi) is 5.83. The highest BCUT2D eigenvalue weighted by Crippen LogP contribution is 2.14. The quantitative estimate of drug-likeness (QED) is 0.794. The zero-order chi connectivity index (χ0) is 14.3. The van der Waals surface area contributed by atoms with Crippen LogP contribution in [0.15, 0.2) is 24.3 Å². The van der Waals surface area contributed by atoms with Crippen molar-refractivity contribution < 1.29 is 9.53 Å². The summed E-state index contributed by atoms with van der Waals surface area (Å²) < 4.78 is 5.05. The van der Waals surface area contributed by atoms with Crippen molar-refractivity contribution >= 4 is 11.6 Å². The third-order valence-electron chi connectivity index (χ3n) is 2.72. The lowest BCUT2D eigenvalue weighted by atomic mass is 10.3. The molecule has 1 rings (SSSR count). The maximum Gasteiger partial charge on any atom is 0.238 e. The van der Waals surface area contributed by atoms with E-state index in [-0.39, 0.29) is 25.0 Å². The van der Waals surface area contributed by atoms with Crippen molar-refractivity contribution in [1.82, 2.24) is 4.90 Å². The van der Waals surface area contributed by atoms with Crippen molar-refractivity contribution in [2.75, 3.05) is 25.5 Å². The molecule has 0 atom stereocenters. The summed E-state index contributed by atoms with van der Waals surface area (Å²) >= 11 is 0. The van der Waals surface area contributed by atoms with E-state index in [0.29, 0.717) is 5.69 Å². The number of rotatable bonds is 6. The van der Waals surface area contributed by atoms with Gasteiger partial charge < -0.3 is 10.1 Å². The lowest BCUT2D eigenvalue weighted by molar-refractivity contribution is -0.117. The van der Waals surface area contributed by atoms with Gasteiger partial charge in [-0.2, -0.15) is 5.26 Å². The van der Waals surface area contributed by atoms with Crippen LogP contribution < -0.4 is 10.1 Å². The first-order valence-electron chi connectivity index (χ1n) is 6.11. The molecule has 1 aromatic rings. The first kappa shape index (κ1) is 15.0. The normalized spacial score (nSPS) is 10.3. The van der Waals surface area contributed by atoms with Crippen LogP contribution in [0.5, 0.6) is 5.75 Å².